The van der Waals surface area contributed by atoms with E-state index >= 15 is 0 Å². The van der Waals surface area contributed by atoms with Gasteiger partial charge in [-0.2, -0.15) is 0 Å². The van der Waals surface area contributed by atoms with Gasteiger partial charge in [0.2, 0.25) is 5.91 Å². The molecule has 2 aromatic carbocycles. The summed E-state index contributed by atoms with van der Waals surface area (Å²) in [5.74, 6) is 0.531. The van der Waals surface area contributed by atoms with Gasteiger partial charge in [-0.15, -0.1) is 0 Å². The maximum absolute atomic E-state index is 12.5. The van der Waals surface area contributed by atoms with Crippen molar-refractivity contribution in [2.45, 2.75) is 33.1 Å². The first-order valence-corrected chi connectivity index (χ1v) is 10.6. The van der Waals surface area contributed by atoms with Crippen LogP contribution in [0.3, 0.4) is 0 Å². The van der Waals surface area contributed by atoms with Crippen molar-refractivity contribution in [1.82, 2.24) is 9.88 Å². The highest BCUT2D eigenvalue weighted by molar-refractivity contribution is 5.83. The summed E-state index contributed by atoms with van der Waals surface area (Å²) in [6, 6.07) is 15.6. The van der Waals surface area contributed by atoms with Gasteiger partial charge in [0.25, 0.3) is 0 Å². The number of piperazine rings is 1. The van der Waals surface area contributed by atoms with Crippen LogP contribution >= 0.6 is 0 Å². The summed E-state index contributed by atoms with van der Waals surface area (Å²) < 4.78 is 0. The lowest BCUT2D eigenvalue weighted by Crippen LogP contribution is -2.48. The fourth-order valence-corrected chi connectivity index (χ4v) is 3.80. The van der Waals surface area contributed by atoms with Crippen molar-refractivity contribution < 1.29 is 9.90 Å². The number of aromatic amines is 1. The van der Waals surface area contributed by atoms with E-state index in [9.17, 15) is 9.90 Å². The van der Waals surface area contributed by atoms with Gasteiger partial charge in [0.05, 0.1) is 0 Å². The normalized spacial score (nSPS) is 13.9. The number of aromatic hydroxyl groups is 1. The first-order chi connectivity index (χ1) is 14.2. The monoisotopic (exact) mass is 393 g/mol. The van der Waals surface area contributed by atoms with E-state index in [0.717, 1.165) is 50.2 Å². The third kappa shape index (κ3) is 5.11. The summed E-state index contributed by atoms with van der Waals surface area (Å²) in [6.45, 7) is 7.18. The molecule has 1 aromatic heterocycles. The van der Waals surface area contributed by atoms with E-state index in [2.05, 4.69) is 34.3 Å². The van der Waals surface area contributed by atoms with Crippen molar-refractivity contribution in [3.63, 3.8) is 0 Å². The highest BCUT2D eigenvalue weighted by Crippen LogP contribution is 2.21. The Labute approximate surface area is 173 Å². The topological polar surface area (TPSA) is 59.6 Å². The van der Waals surface area contributed by atoms with Gasteiger partial charge in [0.1, 0.15) is 5.75 Å². The van der Waals surface area contributed by atoms with E-state index in [0.29, 0.717) is 6.42 Å². The summed E-state index contributed by atoms with van der Waals surface area (Å²) in [4.78, 5) is 20.1. The number of para-hydroxylation sites is 1. The number of benzene rings is 2. The van der Waals surface area contributed by atoms with Crippen LogP contribution in [0.2, 0.25) is 0 Å². The second kappa shape index (κ2) is 10.0. The van der Waals surface area contributed by atoms with Crippen molar-refractivity contribution in [2.24, 2.45) is 0 Å². The van der Waals surface area contributed by atoms with Crippen LogP contribution in [0, 0.1) is 0 Å². The predicted molar refractivity (Wildman–Crippen MR) is 119 cm³/mol. The summed E-state index contributed by atoms with van der Waals surface area (Å²) >= 11 is 0. The van der Waals surface area contributed by atoms with Gasteiger partial charge in [-0.05, 0) is 48.7 Å². The van der Waals surface area contributed by atoms with Crippen molar-refractivity contribution in [2.75, 3.05) is 31.1 Å². The van der Waals surface area contributed by atoms with Crippen molar-refractivity contribution >= 4 is 22.5 Å². The third-order valence-electron chi connectivity index (χ3n) is 5.36. The van der Waals surface area contributed by atoms with Gasteiger partial charge in [0.15, 0.2) is 0 Å². The van der Waals surface area contributed by atoms with Gasteiger partial charge in [-0.3, -0.25) is 4.79 Å². The number of hydrogen-bond acceptors (Lipinski definition) is 3. The summed E-state index contributed by atoms with van der Waals surface area (Å²) in [5.41, 5.74) is 3.54. The molecule has 0 atom stereocenters. The van der Waals surface area contributed by atoms with Crippen molar-refractivity contribution in [3.05, 3.63) is 60.3 Å². The summed E-state index contributed by atoms with van der Waals surface area (Å²) in [5, 5.41) is 10.7. The zero-order valence-corrected chi connectivity index (χ0v) is 17.4. The molecule has 2 N–H and O–H groups in total. The van der Waals surface area contributed by atoms with Crippen LogP contribution in [-0.4, -0.2) is 47.1 Å². The molecule has 0 unspecified atom stereocenters. The number of nitrogens with one attached hydrogen (secondary N) is 1. The second-order valence-electron chi connectivity index (χ2n) is 7.10. The van der Waals surface area contributed by atoms with E-state index in [1.54, 1.807) is 12.1 Å². The Kier molecular flexibility index (Phi) is 7.17. The van der Waals surface area contributed by atoms with Crippen molar-refractivity contribution in [3.8, 4) is 5.75 Å². The fraction of sp³-hybridized carbons (Fsp3) is 0.375. The Hall–Kier alpha value is -2.95. The number of aromatic nitrogens is 1. The molecule has 5 heteroatoms. The summed E-state index contributed by atoms with van der Waals surface area (Å²) in [7, 11) is 0. The SMILES string of the molecule is CC.O=C(CCCc1c[nH]c2ccccc12)N1CCN(c2ccc(O)cc2)CC1. The average molecular weight is 394 g/mol. The zero-order valence-electron chi connectivity index (χ0n) is 17.4. The standard InChI is InChI=1S/C22H25N3O2.C2H6/c26-19-10-8-18(9-11-19)24-12-14-25(15-13-24)22(27)7-3-4-17-16-23-21-6-2-1-5-20(17)21;1-2/h1-2,5-6,8-11,16,23,26H,3-4,7,12-15H2;1-2H3. The maximum Gasteiger partial charge on any atom is 0.222 e. The molecule has 2 heterocycles. The molecule has 0 spiro atoms. The van der Waals surface area contributed by atoms with Crippen LogP contribution in [0.4, 0.5) is 5.69 Å². The van der Waals surface area contributed by atoms with E-state index in [1.165, 1.54) is 10.9 Å². The minimum absolute atomic E-state index is 0.250. The Morgan fingerprint density at radius 1 is 1.00 bits per heavy atom. The molecule has 4 rings (SSSR count). The van der Waals surface area contributed by atoms with Crippen LogP contribution in [-0.2, 0) is 11.2 Å². The molecule has 1 amide bonds. The highest BCUT2D eigenvalue weighted by Gasteiger charge is 2.21. The summed E-state index contributed by atoms with van der Waals surface area (Å²) in [6.07, 6.45) is 4.45. The smallest absolute Gasteiger partial charge is 0.222 e. The van der Waals surface area contributed by atoms with Gasteiger partial charge in [0, 0.05) is 55.4 Å². The first-order valence-electron chi connectivity index (χ1n) is 10.6. The molecule has 0 saturated carbocycles. The molecule has 3 aromatic rings. The van der Waals surface area contributed by atoms with E-state index in [-0.39, 0.29) is 11.7 Å². The molecule has 1 fully saturated rings. The first kappa shape index (κ1) is 20.8. The Bertz CT molecular complexity index is 909. The molecule has 1 aliphatic heterocycles. The largest absolute Gasteiger partial charge is 0.508 e. The van der Waals surface area contributed by atoms with Crippen LogP contribution in [0.5, 0.6) is 5.75 Å². The highest BCUT2D eigenvalue weighted by atomic mass is 16.3. The number of H-pyrrole nitrogens is 1. The van der Waals surface area contributed by atoms with E-state index in [4.69, 9.17) is 0 Å². The maximum atomic E-state index is 12.5. The number of fused-ring (bicyclic) bond motifs is 1. The van der Waals surface area contributed by atoms with E-state index in [1.807, 2.05) is 36.9 Å². The Morgan fingerprint density at radius 2 is 1.69 bits per heavy atom. The van der Waals surface area contributed by atoms with Crippen LogP contribution in [0.15, 0.2) is 54.7 Å². The molecule has 0 radical (unpaired) electrons. The fourth-order valence-electron chi connectivity index (χ4n) is 3.80. The molecular weight excluding hydrogens is 362 g/mol. The Balaban J connectivity index is 0.00000117. The number of carbonyl (C=O) groups is 1. The van der Waals surface area contributed by atoms with Crippen molar-refractivity contribution in [1.29, 1.82) is 0 Å². The lowest BCUT2D eigenvalue weighted by molar-refractivity contribution is -0.131. The molecule has 1 saturated heterocycles. The number of anilines is 1. The zero-order chi connectivity index (χ0) is 20.6. The molecular formula is C24H31N3O2. The molecule has 5 nitrogen and oxygen atoms in total. The quantitative estimate of drug-likeness (QED) is 0.667. The van der Waals surface area contributed by atoms with Crippen LogP contribution in [0.1, 0.15) is 32.3 Å². The number of amides is 1. The predicted octanol–water partition coefficient (Wildman–Crippen LogP) is 4.57. The van der Waals surface area contributed by atoms with Gasteiger partial charge >= 0.3 is 0 Å². The average Bonchev–Trinajstić information content (AvgIpc) is 3.19. The number of rotatable bonds is 5. The molecule has 154 valence electrons. The lowest BCUT2D eigenvalue weighted by atomic mass is 10.1. The number of aryl methyl sites for hydroxylation is 1. The third-order valence-corrected chi connectivity index (χ3v) is 5.36. The number of nitrogens with zero attached hydrogens (tertiary/aromatic N) is 2. The van der Waals surface area contributed by atoms with Gasteiger partial charge < -0.3 is 19.9 Å². The van der Waals surface area contributed by atoms with Crippen LogP contribution < -0.4 is 4.90 Å². The van der Waals surface area contributed by atoms with Gasteiger partial charge in [-0.1, -0.05) is 32.0 Å². The number of phenols is 1. The molecule has 0 aliphatic carbocycles. The molecule has 0 bridgehead atoms. The molecule has 1 aliphatic rings. The van der Waals surface area contributed by atoms with Gasteiger partial charge in [-0.25, -0.2) is 0 Å². The minimum Gasteiger partial charge on any atom is -0.508 e. The second-order valence-corrected chi connectivity index (χ2v) is 7.10. The Morgan fingerprint density at radius 3 is 2.41 bits per heavy atom. The van der Waals surface area contributed by atoms with E-state index < -0.39 is 0 Å². The number of hydrogen-bond donors (Lipinski definition) is 2. The molecule has 29 heavy (non-hydrogen) atoms. The number of phenolic OH excluding ortho intramolecular Hbond substituents is 1. The lowest BCUT2D eigenvalue weighted by Gasteiger charge is -2.36. The minimum atomic E-state index is 0.250. The number of carbonyl (C=O) groups excluding carboxylic acids is 1. The van der Waals surface area contributed by atoms with Crippen LogP contribution in [0.25, 0.3) is 10.9 Å².